The highest BCUT2D eigenvalue weighted by molar-refractivity contribution is 5.51. The zero-order valence-electron chi connectivity index (χ0n) is 12.4. The molecule has 0 fully saturated rings. The molecule has 1 aromatic rings. The minimum atomic E-state index is -0.397. The molecule has 0 spiro atoms. The number of nitro groups is 1. The van der Waals surface area contributed by atoms with E-state index in [4.69, 9.17) is 0 Å². The van der Waals surface area contributed by atoms with E-state index in [9.17, 15) is 10.1 Å². The molecule has 0 saturated heterocycles. The van der Waals surface area contributed by atoms with E-state index in [2.05, 4.69) is 10.2 Å². The smallest absolute Gasteiger partial charge is 0.292 e. The first-order chi connectivity index (χ1) is 9.97. The molecule has 2 rings (SSSR count). The Morgan fingerprint density at radius 1 is 1.14 bits per heavy atom. The van der Waals surface area contributed by atoms with Gasteiger partial charge in [0.1, 0.15) is 5.70 Å². The van der Waals surface area contributed by atoms with Crippen LogP contribution in [0.4, 0.5) is 11.4 Å². The Kier molecular flexibility index (Phi) is 4.47. The van der Waals surface area contributed by atoms with Gasteiger partial charge in [-0.2, -0.15) is 5.11 Å². The molecular weight excluding hydrogens is 268 g/mol. The molecule has 0 aliphatic heterocycles. The molecule has 0 heterocycles. The van der Waals surface area contributed by atoms with E-state index in [-0.39, 0.29) is 5.70 Å². The van der Waals surface area contributed by atoms with Crippen LogP contribution in [-0.4, -0.2) is 19.0 Å². The van der Waals surface area contributed by atoms with Crippen molar-refractivity contribution in [2.45, 2.75) is 19.8 Å². The Hall–Kier alpha value is -2.50. The van der Waals surface area contributed by atoms with Gasteiger partial charge in [0.2, 0.25) is 0 Å². The molecule has 1 aliphatic carbocycles. The molecular formula is C15H18N4O2. The summed E-state index contributed by atoms with van der Waals surface area (Å²) in [7, 11) is 3.92. The third kappa shape index (κ3) is 3.75. The third-order valence-electron chi connectivity index (χ3n) is 3.28. The van der Waals surface area contributed by atoms with E-state index in [1.165, 1.54) is 0 Å². The monoisotopic (exact) mass is 286 g/mol. The molecule has 0 aromatic heterocycles. The lowest BCUT2D eigenvalue weighted by Crippen LogP contribution is -2.07. The SMILES string of the molecule is CC1=CC([N+](=O)[O-])=C(N=Nc2ccc(N(C)C)cc2)CC1. The Labute approximate surface area is 123 Å². The van der Waals surface area contributed by atoms with Crippen LogP contribution in [0.15, 0.2) is 57.5 Å². The van der Waals surface area contributed by atoms with E-state index < -0.39 is 4.92 Å². The molecule has 0 N–H and O–H groups in total. The van der Waals surface area contributed by atoms with Crippen LogP contribution in [0.3, 0.4) is 0 Å². The lowest BCUT2D eigenvalue weighted by molar-refractivity contribution is -0.420. The number of hydrogen-bond acceptors (Lipinski definition) is 5. The molecule has 110 valence electrons. The standard InChI is InChI=1S/C15H18N4O2/c1-11-4-9-14(15(10-11)19(20)21)17-16-12-5-7-13(8-6-12)18(2)3/h5-8,10H,4,9H2,1-3H3. The largest absolute Gasteiger partial charge is 0.378 e. The van der Waals surface area contributed by atoms with Crippen LogP contribution < -0.4 is 4.90 Å². The van der Waals surface area contributed by atoms with Crippen LogP contribution in [0.5, 0.6) is 0 Å². The number of azo groups is 1. The highest BCUT2D eigenvalue weighted by atomic mass is 16.6. The van der Waals surface area contributed by atoms with Gasteiger partial charge in [0.05, 0.1) is 10.6 Å². The molecule has 0 amide bonds. The molecule has 0 radical (unpaired) electrons. The van der Waals surface area contributed by atoms with E-state index >= 15 is 0 Å². The van der Waals surface area contributed by atoms with E-state index in [0.29, 0.717) is 17.8 Å². The summed E-state index contributed by atoms with van der Waals surface area (Å²) in [5.74, 6) is 0. The summed E-state index contributed by atoms with van der Waals surface area (Å²) in [6.07, 6.45) is 2.91. The van der Waals surface area contributed by atoms with Crippen molar-refractivity contribution in [2.75, 3.05) is 19.0 Å². The van der Waals surface area contributed by atoms with Crippen LogP contribution in [0.2, 0.25) is 0 Å². The van der Waals surface area contributed by atoms with Gasteiger partial charge < -0.3 is 4.90 Å². The van der Waals surface area contributed by atoms with Crippen molar-refractivity contribution in [3.05, 3.63) is 57.4 Å². The Morgan fingerprint density at radius 2 is 1.81 bits per heavy atom. The van der Waals surface area contributed by atoms with Crippen molar-refractivity contribution in [3.63, 3.8) is 0 Å². The fourth-order valence-corrected chi connectivity index (χ4v) is 2.03. The average Bonchev–Trinajstić information content (AvgIpc) is 2.46. The summed E-state index contributed by atoms with van der Waals surface area (Å²) in [6.45, 7) is 1.89. The topological polar surface area (TPSA) is 71.1 Å². The Balaban J connectivity index is 2.23. The number of rotatable bonds is 4. The lowest BCUT2D eigenvalue weighted by Gasteiger charge is -2.11. The maximum Gasteiger partial charge on any atom is 0.292 e. The van der Waals surface area contributed by atoms with Gasteiger partial charge in [-0.05, 0) is 37.6 Å². The molecule has 0 atom stereocenters. The van der Waals surface area contributed by atoms with Gasteiger partial charge in [-0.15, -0.1) is 5.11 Å². The number of nitrogens with zero attached hydrogens (tertiary/aromatic N) is 4. The van der Waals surface area contributed by atoms with Gasteiger partial charge >= 0.3 is 0 Å². The lowest BCUT2D eigenvalue weighted by atomic mass is 10.0. The number of hydrogen-bond donors (Lipinski definition) is 0. The van der Waals surface area contributed by atoms with Crippen LogP contribution >= 0.6 is 0 Å². The summed E-state index contributed by atoms with van der Waals surface area (Å²) >= 11 is 0. The molecule has 21 heavy (non-hydrogen) atoms. The van der Waals surface area contributed by atoms with Crippen molar-refractivity contribution in [1.29, 1.82) is 0 Å². The maximum absolute atomic E-state index is 11.0. The zero-order valence-corrected chi connectivity index (χ0v) is 12.4. The van der Waals surface area contributed by atoms with Gasteiger partial charge in [-0.1, -0.05) is 5.57 Å². The van der Waals surface area contributed by atoms with Gasteiger partial charge in [0, 0.05) is 32.3 Å². The van der Waals surface area contributed by atoms with Crippen LogP contribution in [0.25, 0.3) is 0 Å². The molecule has 6 nitrogen and oxygen atoms in total. The van der Waals surface area contributed by atoms with Gasteiger partial charge in [-0.3, -0.25) is 10.1 Å². The molecule has 1 aliphatic rings. The van der Waals surface area contributed by atoms with Crippen molar-refractivity contribution in [1.82, 2.24) is 0 Å². The first kappa shape index (κ1) is 14.9. The highest BCUT2D eigenvalue weighted by Crippen LogP contribution is 2.27. The second-order valence-electron chi connectivity index (χ2n) is 5.19. The minimum Gasteiger partial charge on any atom is -0.378 e. The quantitative estimate of drug-likeness (QED) is 0.476. The van der Waals surface area contributed by atoms with Crippen molar-refractivity contribution in [3.8, 4) is 0 Å². The fourth-order valence-electron chi connectivity index (χ4n) is 2.03. The number of anilines is 1. The summed E-state index contributed by atoms with van der Waals surface area (Å²) in [5, 5.41) is 19.2. The number of allylic oxidation sites excluding steroid dienone is 3. The zero-order chi connectivity index (χ0) is 15.4. The average molecular weight is 286 g/mol. The second kappa shape index (κ2) is 6.30. The van der Waals surface area contributed by atoms with Crippen LogP contribution in [0.1, 0.15) is 19.8 Å². The highest BCUT2D eigenvalue weighted by Gasteiger charge is 2.20. The number of benzene rings is 1. The summed E-state index contributed by atoms with van der Waals surface area (Å²) in [4.78, 5) is 12.6. The molecule has 0 unspecified atom stereocenters. The Morgan fingerprint density at radius 3 is 2.38 bits per heavy atom. The summed E-state index contributed by atoms with van der Waals surface area (Å²) in [6, 6.07) is 7.55. The third-order valence-corrected chi connectivity index (χ3v) is 3.28. The maximum atomic E-state index is 11.0. The van der Waals surface area contributed by atoms with Gasteiger partial charge in [0.25, 0.3) is 5.70 Å². The van der Waals surface area contributed by atoms with Crippen molar-refractivity contribution < 1.29 is 4.92 Å². The van der Waals surface area contributed by atoms with E-state index in [0.717, 1.165) is 17.7 Å². The van der Waals surface area contributed by atoms with E-state index in [1.54, 1.807) is 6.08 Å². The van der Waals surface area contributed by atoms with Crippen LogP contribution in [-0.2, 0) is 0 Å². The van der Waals surface area contributed by atoms with Crippen LogP contribution in [0, 0.1) is 10.1 Å². The summed E-state index contributed by atoms with van der Waals surface area (Å²) in [5.41, 5.74) is 3.23. The molecule has 0 saturated carbocycles. The predicted octanol–water partition coefficient (Wildman–Crippen LogP) is 4.06. The normalized spacial score (nSPS) is 15.3. The first-order valence-electron chi connectivity index (χ1n) is 6.71. The predicted molar refractivity (Wildman–Crippen MR) is 82.3 cm³/mol. The first-order valence-corrected chi connectivity index (χ1v) is 6.71. The molecule has 6 heteroatoms. The molecule has 0 bridgehead atoms. The van der Waals surface area contributed by atoms with Crippen molar-refractivity contribution in [2.24, 2.45) is 10.2 Å². The summed E-state index contributed by atoms with van der Waals surface area (Å²) < 4.78 is 0. The van der Waals surface area contributed by atoms with E-state index in [1.807, 2.05) is 50.2 Å². The molecule has 1 aromatic carbocycles. The Bertz CT molecular complexity index is 628. The van der Waals surface area contributed by atoms with Gasteiger partial charge in [-0.25, -0.2) is 0 Å². The second-order valence-corrected chi connectivity index (χ2v) is 5.19. The van der Waals surface area contributed by atoms with Crippen molar-refractivity contribution >= 4 is 11.4 Å². The fraction of sp³-hybridized carbons (Fsp3) is 0.333. The minimum absolute atomic E-state index is 0.0485. The van der Waals surface area contributed by atoms with Gasteiger partial charge in [0.15, 0.2) is 0 Å².